The van der Waals surface area contributed by atoms with Gasteiger partial charge in [0.05, 0.1) is 19.9 Å². The quantitative estimate of drug-likeness (QED) is 0.343. The molecule has 2 aromatic heterocycles. The molecule has 0 saturated carbocycles. The Labute approximate surface area is 224 Å². The van der Waals surface area contributed by atoms with Gasteiger partial charge in [-0.2, -0.15) is 0 Å². The van der Waals surface area contributed by atoms with Crippen molar-refractivity contribution < 1.29 is 14.3 Å². The molecule has 0 radical (unpaired) electrons. The molecule has 3 heterocycles. The minimum Gasteiger partial charge on any atom is -0.497 e. The minimum atomic E-state index is -0.214. The molecule has 0 aliphatic carbocycles. The van der Waals surface area contributed by atoms with E-state index in [4.69, 9.17) is 9.47 Å². The Hall–Kier alpha value is -3.84. The van der Waals surface area contributed by atoms with Crippen molar-refractivity contribution in [1.82, 2.24) is 19.6 Å². The van der Waals surface area contributed by atoms with Crippen molar-refractivity contribution >= 4 is 11.6 Å². The molecule has 1 N–H and O–H groups in total. The summed E-state index contributed by atoms with van der Waals surface area (Å²) in [6.45, 7) is 4.95. The Balaban J connectivity index is 1.33. The normalized spacial score (nSPS) is 15.3. The van der Waals surface area contributed by atoms with E-state index < -0.39 is 0 Å². The number of ether oxygens (including phenoxy) is 2. The van der Waals surface area contributed by atoms with Crippen LogP contribution in [0.15, 0.2) is 73.1 Å². The van der Waals surface area contributed by atoms with E-state index in [1.807, 2.05) is 55.7 Å². The van der Waals surface area contributed by atoms with E-state index in [0.717, 1.165) is 54.9 Å². The first kappa shape index (κ1) is 25.8. The Morgan fingerprint density at radius 2 is 1.74 bits per heavy atom. The average molecular weight is 513 g/mol. The van der Waals surface area contributed by atoms with Crippen LogP contribution < -0.4 is 14.8 Å². The molecule has 1 fully saturated rings. The Kier molecular flexibility index (Phi) is 7.94. The number of aromatic nitrogens is 2. The van der Waals surface area contributed by atoms with Crippen LogP contribution >= 0.6 is 0 Å². The van der Waals surface area contributed by atoms with E-state index in [9.17, 15) is 4.79 Å². The third kappa shape index (κ3) is 5.83. The number of carbonyl (C=O) groups excluding carboxylic acids is 1. The predicted molar refractivity (Wildman–Crippen MR) is 149 cm³/mol. The molecule has 2 aromatic carbocycles. The summed E-state index contributed by atoms with van der Waals surface area (Å²) < 4.78 is 13.2. The van der Waals surface area contributed by atoms with Gasteiger partial charge in [0.1, 0.15) is 17.1 Å². The topological polar surface area (TPSA) is 68.1 Å². The molecule has 0 bridgehead atoms. The number of benzene rings is 2. The number of carbonyl (C=O) groups is 1. The number of nitrogens with one attached hydrogen (secondary N) is 1. The van der Waals surface area contributed by atoms with Crippen molar-refractivity contribution in [3.05, 3.63) is 95.4 Å². The van der Waals surface area contributed by atoms with Crippen molar-refractivity contribution in [1.29, 1.82) is 0 Å². The molecule has 7 nitrogen and oxygen atoms in total. The monoisotopic (exact) mass is 512 g/mol. The van der Waals surface area contributed by atoms with Crippen molar-refractivity contribution in [3.8, 4) is 11.5 Å². The number of likely N-dealkylation sites (tertiary alicyclic amines) is 1. The van der Waals surface area contributed by atoms with Crippen LogP contribution in [0.2, 0.25) is 0 Å². The summed E-state index contributed by atoms with van der Waals surface area (Å²) in [6, 6.07) is 20.6. The standard InChI is InChI=1S/C31H36N4O3/c1-22-8-7-13-35-29(20-32-31(22)35)28(24-16-26(37-2)18-27(17-24)38-3)19-30(36)33-25-11-14-34(15-12-25)21-23-9-5-4-6-10-23/h4-10,13,16-18,20,25,28H,11-12,14-15,19,21H2,1-3H3,(H,33,36). The SMILES string of the molecule is COc1cc(OC)cc(C(CC(=O)NC2CCN(Cc3ccccc3)CC2)c2cnc3c(C)cccn23)c1. The molecule has 5 rings (SSSR count). The zero-order chi connectivity index (χ0) is 26.5. The number of hydrogen-bond donors (Lipinski definition) is 1. The summed E-state index contributed by atoms with van der Waals surface area (Å²) >= 11 is 0. The second kappa shape index (κ2) is 11.7. The third-order valence-corrected chi connectivity index (χ3v) is 7.48. The summed E-state index contributed by atoms with van der Waals surface area (Å²) in [7, 11) is 3.28. The molecule has 1 amide bonds. The van der Waals surface area contributed by atoms with Crippen LogP contribution in [0, 0.1) is 6.92 Å². The molecule has 7 heteroatoms. The zero-order valence-electron chi connectivity index (χ0n) is 22.4. The summed E-state index contributed by atoms with van der Waals surface area (Å²) in [5.41, 5.74) is 5.24. The number of nitrogens with zero attached hydrogens (tertiary/aromatic N) is 3. The second-order valence-electron chi connectivity index (χ2n) is 10.1. The lowest BCUT2D eigenvalue weighted by molar-refractivity contribution is -0.122. The smallest absolute Gasteiger partial charge is 0.221 e. The average Bonchev–Trinajstić information content (AvgIpc) is 3.38. The van der Waals surface area contributed by atoms with Crippen molar-refractivity contribution in [3.63, 3.8) is 0 Å². The highest BCUT2D eigenvalue weighted by atomic mass is 16.5. The summed E-state index contributed by atoms with van der Waals surface area (Å²) in [4.78, 5) is 20.6. The number of rotatable bonds is 9. The summed E-state index contributed by atoms with van der Waals surface area (Å²) in [5.74, 6) is 1.22. The molecule has 1 unspecified atom stereocenters. The number of aryl methyl sites for hydroxylation is 1. The van der Waals surface area contributed by atoms with Crippen LogP contribution in [0.1, 0.15) is 47.6 Å². The van der Waals surface area contributed by atoms with Crippen LogP contribution in [-0.4, -0.2) is 53.5 Å². The van der Waals surface area contributed by atoms with Gasteiger partial charge in [0, 0.05) is 56.5 Å². The lowest BCUT2D eigenvalue weighted by Crippen LogP contribution is -2.44. The van der Waals surface area contributed by atoms with E-state index in [0.29, 0.717) is 17.9 Å². The summed E-state index contributed by atoms with van der Waals surface area (Å²) in [6.07, 6.45) is 6.10. The van der Waals surface area contributed by atoms with Gasteiger partial charge in [-0.15, -0.1) is 0 Å². The van der Waals surface area contributed by atoms with E-state index >= 15 is 0 Å². The molecule has 38 heavy (non-hydrogen) atoms. The van der Waals surface area contributed by atoms with Gasteiger partial charge in [-0.1, -0.05) is 36.4 Å². The number of amides is 1. The van der Waals surface area contributed by atoms with E-state index in [2.05, 4.69) is 43.9 Å². The molecule has 0 spiro atoms. The molecule has 1 atom stereocenters. The largest absolute Gasteiger partial charge is 0.497 e. The highest BCUT2D eigenvalue weighted by Crippen LogP contribution is 2.34. The van der Waals surface area contributed by atoms with Gasteiger partial charge in [-0.3, -0.25) is 9.69 Å². The van der Waals surface area contributed by atoms with Gasteiger partial charge in [0.15, 0.2) is 0 Å². The molecular weight excluding hydrogens is 476 g/mol. The molecular formula is C31H36N4O3. The maximum Gasteiger partial charge on any atom is 0.221 e. The van der Waals surface area contributed by atoms with Gasteiger partial charge in [-0.25, -0.2) is 4.98 Å². The van der Waals surface area contributed by atoms with E-state index in [1.54, 1.807) is 14.2 Å². The first-order valence-electron chi connectivity index (χ1n) is 13.2. The molecule has 1 saturated heterocycles. The highest BCUT2D eigenvalue weighted by molar-refractivity contribution is 5.78. The van der Waals surface area contributed by atoms with Crippen LogP contribution in [-0.2, 0) is 11.3 Å². The third-order valence-electron chi connectivity index (χ3n) is 7.48. The predicted octanol–water partition coefficient (Wildman–Crippen LogP) is 4.96. The first-order valence-corrected chi connectivity index (χ1v) is 13.2. The van der Waals surface area contributed by atoms with Crippen molar-refractivity contribution in [2.24, 2.45) is 0 Å². The van der Waals surface area contributed by atoms with Crippen LogP contribution in [0.3, 0.4) is 0 Å². The molecule has 198 valence electrons. The fourth-order valence-corrected chi connectivity index (χ4v) is 5.40. The van der Waals surface area contributed by atoms with Crippen LogP contribution in [0.25, 0.3) is 5.65 Å². The zero-order valence-corrected chi connectivity index (χ0v) is 22.4. The number of piperidine rings is 1. The maximum atomic E-state index is 13.5. The van der Waals surface area contributed by atoms with Gasteiger partial charge >= 0.3 is 0 Å². The van der Waals surface area contributed by atoms with Crippen LogP contribution in [0.4, 0.5) is 0 Å². The number of pyridine rings is 1. The first-order chi connectivity index (χ1) is 18.5. The second-order valence-corrected chi connectivity index (χ2v) is 10.1. The Morgan fingerprint density at radius 3 is 2.42 bits per heavy atom. The number of fused-ring (bicyclic) bond motifs is 1. The maximum absolute atomic E-state index is 13.5. The number of methoxy groups -OCH3 is 2. The molecule has 1 aliphatic rings. The lowest BCUT2D eigenvalue weighted by Gasteiger charge is -2.32. The fraction of sp³-hybridized carbons (Fsp3) is 0.355. The van der Waals surface area contributed by atoms with Gasteiger partial charge < -0.3 is 19.2 Å². The van der Waals surface area contributed by atoms with E-state index in [1.165, 1.54) is 5.56 Å². The molecule has 4 aromatic rings. The lowest BCUT2D eigenvalue weighted by atomic mass is 9.91. The number of hydrogen-bond acceptors (Lipinski definition) is 5. The minimum absolute atomic E-state index is 0.0425. The number of imidazole rings is 1. The van der Waals surface area contributed by atoms with Crippen LogP contribution in [0.5, 0.6) is 11.5 Å². The van der Waals surface area contributed by atoms with Crippen molar-refractivity contribution in [2.75, 3.05) is 27.3 Å². The van der Waals surface area contributed by atoms with Crippen molar-refractivity contribution in [2.45, 2.75) is 44.7 Å². The fourth-order valence-electron chi connectivity index (χ4n) is 5.40. The highest BCUT2D eigenvalue weighted by Gasteiger charge is 2.26. The Bertz CT molecular complexity index is 1350. The van der Waals surface area contributed by atoms with Gasteiger partial charge in [0.25, 0.3) is 0 Å². The van der Waals surface area contributed by atoms with E-state index in [-0.39, 0.29) is 17.9 Å². The van der Waals surface area contributed by atoms with Gasteiger partial charge in [0.2, 0.25) is 5.91 Å². The Morgan fingerprint density at radius 1 is 1.03 bits per heavy atom. The molecule has 1 aliphatic heterocycles. The van der Waals surface area contributed by atoms with Gasteiger partial charge in [-0.05, 0) is 54.7 Å². The summed E-state index contributed by atoms with van der Waals surface area (Å²) in [5, 5.41) is 3.32.